The number of hydrogen-bond donors (Lipinski definition) is 1. The summed E-state index contributed by atoms with van der Waals surface area (Å²) in [4.78, 5) is 7.99. The molecule has 84 valence electrons. The minimum absolute atomic E-state index is 0.196. The number of rotatable bonds is 1. The largest absolute Gasteiger partial charge is 0.368 e. The first-order valence-corrected chi connectivity index (χ1v) is 5.68. The maximum atomic E-state index is 6.07. The average Bonchev–Trinajstić information content (AvgIpc) is 2.50. The Bertz CT molecular complexity index is 551. The molecule has 0 aromatic carbocycles. The second kappa shape index (κ2) is 4.03. The fourth-order valence-electron chi connectivity index (χ4n) is 1.35. The lowest BCUT2D eigenvalue weighted by atomic mass is 10.4. The Kier molecular flexibility index (Phi) is 2.86. The molecule has 7 heteroatoms. The standard InChI is InChI=1S/C9H9BrClN5/c1-4-7(11)5(2)16(15-4)8-6(10)3-13-9(12)14-8/h3H,1-2H3,(H2,12,13,14). The van der Waals surface area contributed by atoms with E-state index in [0.717, 1.165) is 11.4 Å². The molecule has 0 radical (unpaired) electrons. The molecule has 0 atom stereocenters. The highest BCUT2D eigenvalue weighted by Gasteiger charge is 2.14. The van der Waals surface area contributed by atoms with E-state index in [-0.39, 0.29) is 5.95 Å². The normalized spacial score (nSPS) is 10.8. The summed E-state index contributed by atoms with van der Waals surface area (Å²) in [5, 5.41) is 4.92. The van der Waals surface area contributed by atoms with Gasteiger partial charge in [-0.15, -0.1) is 0 Å². The van der Waals surface area contributed by atoms with Gasteiger partial charge in [-0.25, -0.2) is 9.67 Å². The summed E-state index contributed by atoms with van der Waals surface area (Å²) in [5.74, 6) is 0.780. The molecule has 0 aliphatic carbocycles. The molecule has 0 saturated carbocycles. The number of nitrogens with zero attached hydrogens (tertiary/aromatic N) is 4. The molecule has 0 aliphatic heterocycles. The van der Waals surface area contributed by atoms with Gasteiger partial charge in [0.2, 0.25) is 5.95 Å². The van der Waals surface area contributed by atoms with Gasteiger partial charge in [0.05, 0.1) is 20.9 Å². The van der Waals surface area contributed by atoms with Crippen LogP contribution in [0.2, 0.25) is 5.02 Å². The number of nitrogen functional groups attached to an aromatic ring is 1. The first-order valence-electron chi connectivity index (χ1n) is 4.51. The molecule has 0 amide bonds. The monoisotopic (exact) mass is 301 g/mol. The Morgan fingerprint density at radius 3 is 2.69 bits per heavy atom. The molecule has 0 bridgehead atoms. The quantitative estimate of drug-likeness (QED) is 0.877. The van der Waals surface area contributed by atoms with Crippen molar-refractivity contribution in [2.75, 3.05) is 5.73 Å². The van der Waals surface area contributed by atoms with E-state index >= 15 is 0 Å². The van der Waals surface area contributed by atoms with Gasteiger partial charge < -0.3 is 5.73 Å². The van der Waals surface area contributed by atoms with Gasteiger partial charge in [-0.1, -0.05) is 11.6 Å². The molecule has 16 heavy (non-hydrogen) atoms. The van der Waals surface area contributed by atoms with Crippen molar-refractivity contribution in [3.63, 3.8) is 0 Å². The van der Waals surface area contributed by atoms with E-state index in [2.05, 4.69) is 31.0 Å². The van der Waals surface area contributed by atoms with Crippen LogP contribution in [-0.4, -0.2) is 19.7 Å². The van der Waals surface area contributed by atoms with Gasteiger partial charge in [0.1, 0.15) is 0 Å². The van der Waals surface area contributed by atoms with Crippen LogP contribution in [0.3, 0.4) is 0 Å². The molecule has 0 saturated heterocycles. The van der Waals surface area contributed by atoms with Crippen molar-refractivity contribution in [1.82, 2.24) is 19.7 Å². The molecule has 2 rings (SSSR count). The van der Waals surface area contributed by atoms with Gasteiger partial charge >= 0.3 is 0 Å². The van der Waals surface area contributed by atoms with Crippen molar-refractivity contribution in [3.8, 4) is 5.82 Å². The zero-order valence-electron chi connectivity index (χ0n) is 8.70. The third kappa shape index (κ3) is 1.78. The van der Waals surface area contributed by atoms with E-state index in [1.54, 1.807) is 10.9 Å². The van der Waals surface area contributed by atoms with Crippen LogP contribution in [0.15, 0.2) is 10.7 Å². The zero-order chi connectivity index (χ0) is 11.9. The van der Waals surface area contributed by atoms with Gasteiger partial charge in [-0.3, -0.25) is 0 Å². The smallest absolute Gasteiger partial charge is 0.222 e. The van der Waals surface area contributed by atoms with Crippen LogP contribution in [0.5, 0.6) is 0 Å². The van der Waals surface area contributed by atoms with E-state index in [4.69, 9.17) is 17.3 Å². The maximum Gasteiger partial charge on any atom is 0.222 e. The lowest BCUT2D eigenvalue weighted by Crippen LogP contribution is -2.06. The SMILES string of the molecule is Cc1nn(-c2nc(N)ncc2Br)c(C)c1Cl. The molecule has 2 aromatic heterocycles. The summed E-state index contributed by atoms with van der Waals surface area (Å²) < 4.78 is 2.35. The molecule has 0 unspecified atom stereocenters. The van der Waals surface area contributed by atoms with Crippen molar-refractivity contribution in [2.45, 2.75) is 13.8 Å². The van der Waals surface area contributed by atoms with Gasteiger partial charge in [-0.2, -0.15) is 10.1 Å². The molecule has 5 nitrogen and oxygen atoms in total. The molecule has 2 heterocycles. The minimum atomic E-state index is 0.196. The molecule has 0 fully saturated rings. The van der Waals surface area contributed by atoms with Crippen LogP contribution in [0.25, 0.3) is 5.82 Å². The van der Waals surface area contributed by atoms with E-state index in [1.165, 1.54) is 0 Å². The Hall–Kier alpha value is -1.14. The van der Waals surface area contributed by atoms with Gasteiger partial charge in [-0.05, 0) is 29.8 Å². The van der Waals surface area contributed by atoms with Crippen molar-refractivity contribution >= 4 is 33.5 Å². The number of halogens is 2. The highest BCUT2D eigenvalue weighted by molar-refractivity contribution is 9.10. The highest BCUT2D eigenvalue weighted by Crippen LogP contribution is 2.25. The van der Waals surface area contributed by atoms with Crippen LogP contribution in [0.1, 0.15) is 11.4 Å². The summed E-state index contributed by atoms with van der Waals surface area (Å²) >= 11 is 9.42. The lowest BCUT2D eigenvalue weighted by molar-refractivity contribution is 0.798. The lowest BCUT2D eigenvalue weighted by Gasteiger charge is -2.05. The molecule has 0 aliphatic rings. The van der Waals surface area contributed by atoms with Crippen LogP contribution >= 0.6 is 27.5 Å². The summed E-state index contributed by atoms with van der Waals surface area (Å²) in [6, 6.07) is 0. The van der Waals surface area contributed by atoms with Crippen LogP contribution < -0.4 is 5.73 Å². The summed E-state index contributed by atoms with van der Waals surface area (Å²) in [6.45, 7) is 3.71. The van der Waals surface area contributed by atoms with E-state index < -0.39 is 0 Å². The summed E-state index contributed by atoms with van der Waals surface area (Å²) in [6.07, 6.45) is 1.59. The Morgan fingerprint density at radius 1 is 1.44 bits per heavy atom. The Morgan fingerprint density at radius 2 is 2.12 bits per heavy atom. The van der Waals surface area contributed by atoms with Crippen molar-refractivity contribution in [3.05, 3.63) is 27.1 Å². The van der Waals surface area contributed by atoms with Crippen molar-refractivity contribution in [2.24, 2.45) is 0 Å². The molecule has 2 aromatic rings. The first kappa shape index (κ1) is 11.3. The minimum Gasteiger partial charge on any atom is -0.368 e. The maximum absolute atomic E-state index is 6.07. The summed E-state index contributed by atoms with van der Waals surface area (Å²) in [5.41, 5.74) is 7.11. The van der Waals surface area contributed by atoms with E-state index in [1.807, 2.05) is 13.8 Å². The number of anilines is 1. The summed E-state index contributed by atoms with van der Waals surface area (Å²) in [7, 11) is 0. The fraction of sp³-hybridized carbons (Fsp3) is 0.222. The average molecular weight is 303 g/mol. The van der Waals surface area contributed by atoms with E-state index in [0.29, 0.717) is 15.3 Å². The number of aromatic nitrogens is 4. The van der Waals surface area contributed by atoms with E-state index in [9.17, 15) is 0 Å². The third-order valence-corrected chi connectivity index (χ3v) is 3.25. The van der Waals surface area contributed by atoms with Crippen molar-refractivity contribution in [1.29, 1.82) is 0 Å². The second-order valence-corrected chi connectivity index (χ2v) is 4.53. The molecule has 0 spiro atoms. The number of nitrogens with two attached hydrogens (primary N) is 1. The Balaban J connectivity index is 2.67. The van der Waals surface area contributed by atoms with Crippen molar-refractivity contribution < 1.29 is 0 Å². The highest BCUT2D eigenvalue weighted by atomic mass is 79.9. The first-order chi connectivity index (χ1) is 7.50. The molecular formula is C9H9BrClN5. The predicted molar refractivity (Wildman–Crippen MR) is 65.8 cm³/mol. The molecule has 2 N–H and O–H groups in total. The third-order valence-electron chi connectivity index (χ3n) is 2.15. The second-order valence-electron chi connectivity index (χ2n) is 3.30. The topological polar surface area (TPSA) is 69.6 Å². The van der Waals surface area contributed by atoms with Crippen LogP contribution in [0, 0.1) is 13.8 Å². The zero-order valence-corrected chi connectivity index (χ0v) is 11.0. The number of aryl methyl sites for hydroxylation is 1. The Labute approximate surface area is 106 Å². The number of hydrogen-bond acceptors (Lipinski definition) is 4. The van der Waals surface area contributed by atoms with Crippen LogP contribution in [-0.2, 0) is 0 Å². The molecular weight excluding hydrogens is 293 g/mol. The van der Waals surface area contributed by atoms with Gasteiger partial charge in [0.15, 0.2) is 5.82 Å². The van der Waals surface area contributed by atoms with Gasteiger partial charge in [0, 0.05) is 6.20 Å². The van der Waals surface area contributed by atoms with Crippen LogP contribution in [0.4, 0.5) is 5.95 Å². The van der Waals surface area contributed by atoms with Gasteiger partial charge in [0.25, 0.3) is 0 Å². The predicted octanol–water partition coefficient (Wildman–Crippen LogP) is 2.28. The fourth-order valence-corrected chi connectivity index (χ4v) is 1.83.